The van der Waals surface area contributed by atoms with Crippen LogP contribution in [0.1, 0.15) is 100 Å². The summed E-state index contributed by atoms with van der Waals surface area (Å²) in [7, 11) is -4.24. The minimum absolute atomic E-state index is 0.0583. The number of rotatable bonds is 9. The number of fused-ring (bicyclic) bond motifs is 1. The van der Waals surface area contributed by atoms with Crippen molar-refractivity contribution < 1.29 is 45.6 Å². The second kappa shape index (κ2) is 13.4. The lowest BCUT2D eigenvalue weighted by atomic mass is 9.87. The van der Waals surface area contributed by atoms with Crippen LogP contribution in [0.4, 0.5) is 18.0 Å². The monoisotopic (exact) mass is 659 g/mol. The molecule has 0 aromatic heterocycles. The summed E-state index contributed by atoms with van der Waals surface area (Å²) in [5.41, 5.74) is -3.32. The lowest BCUT2D eigenvalue weighted by Gasteiger charge is -2.38. The molecule has 2 aromatic rings. The number of halogens is 3. The Bertz CT molecular complexity index is 1350. The number of carbonyl (C=O) groups excluding carboxylic acids is 1. The molecule has 0 unspecified atom stereocenters. The van der Waals surface area contributed by atoms with Crippen molar-refractivity contribution in [2.75, 3.05) is 6.54 Å². The zero-order valence-corrected chi connectivity index (χ0v) is 29.0. The summed E-state index contributed by atoms with van der Waals surface area (Å²) < 4.78 is 83.0. The van der Waals surface area contributed by atoms with Crippen LogP contribution in [-0.2, 0) is 28.5 Å². The standard InChI is InChI=1S/C33H49F3NO7P/c1-29(2,3)41-28(38)37-21-32(10,44-45(39,42-30(4,5)6)43-31(7,8)9)25-13-11-23-20-27(16-12-22(23)19-25)40-26-17-14-24(15-18-26)33(34,35)36/h11-13,16,19-20,24,26H,14-15,17-18,21H2,1-10H3,(H,37,38)/t24?,26?,32-/m0/s1. The van der Waals surface area contributed by atoms with Crippen LogP contribution in [0, 0.1) is 5.92 Å². The van der Waals surface area contributed by atoms with Gasteiger partial charge in [-0.25, -0.2) is 9.36 Å². The molecular formula is C33H49F3NO7P. The topological polar surface area (TPSA) is 92.3 Å². The average molecular weight is 660 g/mol. The van der Waals surface area contributed by atoms with Gasteiger partial charge in [-0.05, 0) is 129 Å². The van der Waals surface area contributed by atoms with E-state index >= 15 is 0 Å². The van der Waals surface area contributed by atoms with Crippen molar-refractivity contribution in [2.45, 2.75) is 130 Å². The fourth-order valence-corrected chi connectivity index (χ4v) is 7.16. The molecule has 0 spiro atoms. The van der Waals surface area contributed by atoms with Gasteiger partial charge in [0.15, 0.2) is 0 Å². The van der Waals surface area contributed by atoms with E-state index in [-0.39, 0.29) is 25.5 Å². The third kappa shape index (κ3) is 11.8. The van der Waals surface area contributed by atoms with Gasteiger partial charge in [0.2, 0.25) is 0 Å². The fourth-order valence-electron chi connectivity index (χ4n) is 5.04. The zero-order chi connectivity index (χ0) is 34.1. The van der Waals surface area contributed by atoms with E-state index in [1.807, 2.05) is 24.3 Å². The molecule has 1 atom stereocenters. The van der Waals surface area contributed by atoms with Gasteiger partial charge in [0.05, 0.1) is 29.8 Å². The number of phosphoric acid groups is 1. The third-order valence-corrected chi connectivity index (χ3v) is 9.09. The summed E-state index contributed by atoms with van der Waals surface area (Å²) in [5, 5.41) is 4.36. The van der Waals surface area contributed by atoms with E-state index in [1.165, 1.54) is 0 Å². The zero-order valence-electron chi connectivity index (χ0n) is 28.1. The molecule has 1 N–H and O–H groups in total. The Hall–Kier alpha value is -2.33. The minimum Gasteiger partial charge on any atom is -0.490 e. The second-order valence-corrected chi connectivity index (χ2v) is 16.3. The molecule has 1 aliphatic carbocycles. The Labute approximate surface area is 265 Å². The molecule has 0 aliphatic heterocycles. The van der Waals surface area contributed by atoms with E-state index in [0.29, 0.717) is 24.2 Å². The summed E-state index contributed by atoms with van der Waals surface area (Å²) in [4.78, 5) is 12.7. The molecule has 1 amide bonds. The predicted molar refractivity (Wildman–Crippen MR) is 168 cm³/mol. The Morgan fingerprint density at radius 2 is 1.31 bits per heavy atom. The Balaban J connectivity index is 1.91. The first-order valence-corrected chi connectivity index (χ1v) is 16.8. The van der Waals surface area contributed by atoms with Crippen LogP contribution in [0.25, 0.3) is 10.8 Å². The highest BCUT2D eigenvalue weighted by Crippen LogP contribution is 2.59. The molecule has 3 rings (SSSR count). The van der Waals surface area contributed by atoms with Gasteiger partial charge in [0, 0.05) is 0 Å². The maximum absolute atomic E-state index is 14.2. The van der Waals surface area contributed by atoms with Gasteiger partial charge in [-0.3, -0.25) is 13.6 Å². The molecule has 0 saturated heterocycles. The Morgan fingerprint density at radius 3 is 1.82 bits per heavy atom. The summed E-state index contributed by atoms with van der Waals surface area (Å²) >= 11 is 0. The smallest absolute Gasteiger partial charge is 0.476 e. The van der Waals surface area contributed by atoms with Crippen LogP contribution < -0.4 is 10.1 Å². The maximum Gasteiger partial charge on any atom is 0.476 e. The molecule has 1 fully saturated rings. The third-order valence-electron chi connectivity index (χ3n) is 6.92. The van der Waals surface area contributed by atoms with Crippen molar-refractivity contribution in [3.8, 4) is 5.75 Å². The molecule has 0 radical (unpaired) electrons. The van der Waals surface area contributed by atoms with E-state index in [9.17, 15) is 22.5 Å². The second-order valence-electron chi connectivity index (χ2n) is 14.9. The van der Waals surface area contributed by atoms with Gasteiger partial charge in [-0.2, -0.15) is 13.2 Å². The summed E-state index contributed by atoms with van der Waals surface area (Å²) in [5.74, 6) is -0.704. The molecule has 1 saturated carbocycles. The molecule has 45 heavy (non-hydrogen) atoms. The van der Waals surface area contributed by atoms with E-state index in [0.717, 1.165) is 10.8 Å². The minimum atomic E-state index is -4.24. The first kappa shape index (κ1) is 37.1. The molecule has 2 aromatic carbocycles. The largest absolute Gasteiger partial charge is 0.490 e. The Kier molecular flexibility index (Phi) is 11.1. The SMILES string of the molecule is CC(C)(C)OC(=O)NC[C@](C)(OP(=O)(OC(C)(C)C)OC(C)(C)C)c1ccc2cc(OC3CCC(C(F)(F)F)CC3)ccc2c1. The first-order chi connectivity index (χ1) is 20.3. The number of alkyl halides is 3. The number of carbonyl (C=O) groups is 1. The maximum atomic E-state index is 14.2. The normalized spacial score (nSPS) is 20.0. The number of hydrogen-bond acceptors (Lipinski definition) is 7. The number of benzene rings is 2. The molecule has 1 aliphatic rings. The van der Waals surface area contributed by atoms with Crippen LogP contribution in [0.15, 0.2) is 36.4 Å². The number of nitrogens with one attached hydrogen (secondary N) is 1. The molecule has 12 heteroatoms. The lowest BCUT2D eigenvalue weighted by Crippen LogP contribution is -2.43. The van der Waals surface area contributed by atoms with Gasteiger partial charge in [0.1, 0.15) is 17.0 Å². The van der Waals surface area contributed by atoms with Crippen LogP contribution >= 0.6 is 7.82 Å². The number of hydrogen-bond donors (Lipinski definition) is 1. The van der Waals surface area contributed by atoms with Crippen molar-refractivity contribution in [2.24, 2.45) is 5.92 Å². The van der Waals surface area contributed by atoms with E-state index in [4.69, 9.17) is 23.0 Å². The molecule has 254 valence electrons. The summed E-state index contributed by atoms with van der Waals surface area (Å²) in [6.45, 7) is 17.2. The van der Waals surface area contributed by atoms with E-state index in [2.05, 4.69) is 5.32 Å². The number of amides is 1. The highest BCUT2D eigenvalue weighted by atomic mass is 31.2. The molecule has 8 nitrogen and oxygen atoms in total. The fraction of sp³-hybridized carbons (Fsp3) is 0.667. The average Bonchev–Trinajstić information content (AvgIpc) is 2.83. The number of phosphoric ester groups is 1. The van der Waals surface area contributed by atoms with Gasteiger partial charge >= 0.3 is 20.1 Å². The quantitative estimate of drug-likeness (QED) is 0.268. The Morgan fingerprint density at radius 1 is 0.778 bits per heavy atom. The van der Waals surface area contributed by atoms with Crippen molar-refractivity contribution in [1.82, 2.24) is 5.32 Å². The molecular weight excluding hydrogens is 610 g/mol. The number of alkyl carbamates (subject to hydrolysis) is 1. The predicted octanol–water partition coefficient (Wildman–Crippen LogP) is 9.83. The van der Waals surface area contributed by atoms with Crippen molar-refractivity contribution >= 4 is 24.7 Å². The molecule has 0 heterocycles. The lowest BCUT2D eigenvalue weighted by molar-refractivity contribution is -0.185. The summed E-state index contributed by atoms with van der Waals surface area (Å²) in [6.07, 6.45) is -4.32. The van der Waals surface area contributed by atoms with Crippen molar-refractivity contribution in [3.63, 3.8) is 0 Å². The van der Waals surface area contributed by atoms with Crippen molar-refractivity contribution in [3.05, 3.63) is 42.0 Å². The first-order valence-electron chi connectivity index (χ1n) is 15.3. The highest BCUT2D eigenvalue weighted by molar-refractivity contribution is 7.48. The van der Waals surface area contributed by atoms with Gasteiger partial charge < -0.3 is 14.8 Å². The van der Waals surface area contributed by atoms with Gasteiger partial charge in [0.25, 0.3) is 0 Å². The van der Waals surface area contributed by atoms with Crippen LogP contribution in [0.5, 0.6) is 5.75 Å². The van der Waals surface area contributed by atoms with Crippen LogP contribution in [-0.4, -0.2) is 41.7 Å². The van der Waals surface area contributed by atoms with Gasteiger partial charge in [-0.15, -0.1) is 0 Å². The van der Waals surface area contributed by atoms with Gasteiger partial charge in [-0.1, -0.05) is 18.2 Å². The summed E-state index contributed by atoms with van der Waals surface area (Å²) in [6, 6.07) is 10.9. The van der Waals surface area contributed by atoms with E-state index in [1.54, 1.807) is 81.4 Å². The van der Waals surface area contributed by atoms with Crippen LogP contribution in [0.2, 0.25) is 0 Å². The highest BCUT2D eigenvalue weighted by Gasteiger charge is 2.45. The van der Waals surface area contributed by atoms with E-state index < -0.39 is 48.4 Å². The number of ether oxygens (including phenoxy) is 2. The van der Waals surface area contributed by atoms with Crippen molar-refractivity contribution in [1.29, 1.82) is 0 Å². The van der Waals surface area contributed by atoms with Crippen LogP contribution in [0.3, 0.4) is 0 Å². The molecule has 0 bridgehead atoms.